The number of aromatic amines is 1. The summed E-state index contributed by atoms with van der Waals surface area (Å²) in [6, 6.07) is 14.2. The zero-order chi connectivity index (χ0) is 20.1. The van der Waals surface area contributed by atoms with Gasteiger partial charge in [-0.25, -0.2) is 0 Å². The summed E-state index contributed by atoms with van der Waals surface area (Å²) in [6.45, 7) is 3.44. The first-order valence-corrected chi connectivity index (χ1v) is 8.62. The lowest BCUT2D eigenvalue weighted by Gasteiger charge is -2.09. The van der Waals surface area contributed by atoms with Crippen LogP contribution < -0.4 is 5.56 Å². The van der Waals surface area contributed by atoms with Gasteiger partial charge >= 0.3 is 6.18 Å². The Kier molecular flexibility index (Phi) is 4.10. The summed E-state index contributed by atoms with van der Waals surface area (Å²) < 4.78 is 39.9. The minimum atomic E-state index is -4.40. The van der Waals surface area contributed by atoms with Crippen LogP contribution in [0.4, 0.5) is 13.2 Å². The van der Waals surface area contributed by atoms with Crippen molar-refractivity contribution < 1.29 is 13.2 Å². The molecule has 1 N–H and O–H groups in total. The van der Waals surface area contributed by atoms with E-state index in [4.69, 9.17) is 0 Å². The first kappa shape index (κ1) is 18.0. The van der Waals surface area contributed by atoms with E-state index in [0.717, 1.165) is 17.7 Å². The standard InChI is InChI=1S/C21H16F3N3O/c1-12-18(15-6-4-3-5-7-15)25-19-17(13(2)26-27(19)20(12)28)14-8-10-16(11-9-14)21(22,23)24/h3-11,25H,1-2H3. The van der Waals surface area contributed by atoms with E-state index in [9.17, 15) is 18.0 Å². The highest BCUT2D eigenvalue weighted by atomic mass is 19.4. The highest BCUT2D eigenvalue weighted by molar-refractivity contribution is 5.81. The summed E-state index contributed by atoms with van der Waals surface area (Å²) in [5.41, 5.74) is 3.18. The van der Waals surface area contributed by atoms with Crippen LogP contribution >= 0.6 is 0 Å². The maximum absolute atomic E-state index is 12.9. The largest absolute Gasteiger partial charge is 0.416 e. The first-order valence-electron chi connectivity index (χ1n) is 8.62. The Balaban J connectivity index is 1.96. The van der Waals surface area contributed by atoms with Crippen molar-refractivity contribution in [2.75, 3.05) is 0 Å². The monoisotopic (exact) mass is 383 g/mol. The third kappa shape index (κ3) is 2.89. The Morgan fingerprint density at radius 1 is 0.929 bits per heavy atom. The number of benzene rings is 2. The molecular formula is C21H16F3N3O. The van der Waals surface area contributed by atoms with E-state index in [1.54, 1.807) is 13.8 Å². The van der Waals surface area contributed by atoms with Crippen molar-refractivity contribution in [3.63, 3.8) is 0 Å². The summed E-state index contributed by atoms with van der Waals surface area (Å²) in [6.07, 6.45) is -4.40. The van der Waals surface area contributed by atoms with Gasteiger partial charge in [-0.15, -0.1) is 0 Å². The van der Waals surface area contributed by atoms with Crippen LogP contribution in [0.1, 0.15) is 16.8 Å². The quantitative estimate of drug-likeness (QED) is 0.530. The molecule has 0 spiro atoms. The van der Waals surface area contributed by atoms with Gasteiger partial charge in [0.2, 0.25) is 0 Å². The average Bonchev–Trinajstić information content (AvgIpc) is 3.01. The number of nitrogens with one attached hydrogen (secondary N) is 1. The van der Waals surface area contributed by atoms with Crippen LogP contribution in [0.3, 0.4) is 0 Å². The predicted molar refractivity (Wildman–Crippen MR) is 101 cm³/mol. The number of H-pyrrole nitrogens is 1. The smallest absolute Gasteiger partial charge is 0.339 e. The minimum absolute atomic E-state index is 0.270. The third-order valence-corrected chi connectivity index (χ3v) is 4.76. The molecule has 0 fully saturated rings. The second-order valence-electron chi connectivity index (χ2n) is 6.59. The van der Waals surface area contributed by atoms with Crippen molar-refractivity contribution in [3.05, 3.63) is 81.8 Å². The number of rotatable bonds is 2. The van der Waals surface area contributed by atoms with Crippen molar-refractivity contribution in [1.29, 1.82) is 0 Å². The van der Waals surface area contributed by atoms with Gasteiger partial charge in [-0.1, -0.05) is 42.5 Å². The van der Waals surface area contributed by atoms with Gasteiger partial charge in [0.1, 0.15) is 5.65 Å². The number of nitrogens with zero attached hydrogens (tertiary/aromatic N) is 2. The lowest BCUT2D eigenvalue weighted by molar-refractivity contribution is -0.137. The Bertz CT molecular complexity index is 1220. The summed E-state index contributed by atoms with van der Waals surface area (Å²) >= 11 is 0. The zero-order valence-corrected chi connectivity index (χ0v) is 15.1. The molecule has 4 aromatic rings. The molecule has 4 rings (SSSR count). The molecule has 0 unspecified atom stereocenters. The number of fused-ring (bicyclic) bond motifs is 1. The van der Waals surface area contributed by atoms with Gasteiger partial charge < -0.3 is 4.98 Å². The molecule has 0 aliphatic carbocycles. The number of alkyl halides is 3. The first-order chi connectivity index (χ1) is 13.3. The molecule has 2 heterocycles. The van der Waals surface area contributed by atoms with E-state index in [-0.39, 0.29) is 5.56 Å². The second kappa shape index (κ2) is 6.37. The third-order valence-electron chi connectivity index (χ3n) is 4.76. The molecule has 2 aromatic carbocycles. The highest BCUT2D eigenvalue weighted by Crippen LogP contribution is 2.33. The van der Waals surface area contributed by atoms with Crippen LogP contribution in [0.15, 0.2) is 59.4 Å². The van der Waals surface area contributed by atoms with E-state index in [2.05, 4.69) is 10.1 Å². The Labute approximate surface area is 158 Å². The number of aromatic nitrogens is 3. The molecule has 142 valence electrons. The van der Waals surface area contributed by atoms with Gasteiger partial charge in [0.05, 0.1) is 17.0 Å². The van der Waals surface area contributed by atoms with Crippen LogP contribution in [0.2, 0.25) is 0 Å². The summed E-state index contributed by atoms with van der Waals surface area (Å²) in [4.78, 5) is 16.1. The topological polar surface area (TPSA) is 50.2 Å². The van der Waals surface area contributed by atoms with Gasteiger partial charge in [0, 0.05) is 11.1 Å². The fourth-order valence-corrected chi connectivity index (χ4v) is 3.33. The van der Waals surface area contributed by atoms with Gasteiger partial charge in [0.15, 0.2) is 0 Å². The number of hydrogen-bond acceptors (Lipinski definition) is 2. The summed E-state index contributed by atoms with van der Waals surface area (Å²) in [7, 11) is 0. The summed E-state index contributed by atoms with van der Waals surface area (Å²) in [5.74, 6) is 0. The number of halogens is 3. The molecule has 7 heteroatoms. The maximum Gasteiger partial charge on any atom is 0.416 e. The Morgan fingerprint density at radius 3 is 2.18 bits per heavy atom. The van der Waals surface area contributed by atoms with Crippen LogP contribution in [-0.2, 0) is 6.18 Å². The number of aryl methyl sites for hydroxylation is 1. The Morgan fingerprint density at radius 2 is 1.57 bits per heavy atom. The second-order valence-corrected chi connectivity index (χ2v) is 6.59. The SMILES string of the molecule is Cc1nn2c(=O)c(C)c(-c3ccccc3)[nH]c2c1-c1ccc(C(F)(F)F)cc1. The molecule has 28 heavy (non-hydrogen) atoms. The molecule has 2 aromatic heterocycles. The maximum atomic E-state index is 12.9. The van der Waals surface area contributed by atoms with Crippen molar-refractivity contribution in [2.45, 2.75) is 20.0 Å². The van der Waals surface area contributed by atoms with Crippen molar-refractivity contribution in [3.8, 4) is 22.4 Å². The molecule has 4 nitrogen and oxygen atoms in total. The highest BCUT2D eigenvalue weighted by Gasteiger charge is 2.30. The van der Waals surface area contributed by atoms with Gasteiger partial charge in [0.25, 0.3) is 5.56 Å². The van der Waals surface area contributed by atoms with E-state index in [0.29, 0.717) is 33.7 Å². The van der Waals surface area contributed by atoms with Crippen LogP contribution in [0, 0.1) is 13.8 Å². The van der Waals surface area contributed by atoms with Crippen LogP contribution in [0.5, 0.6) is 0 Å². The Hall–Kier alpha value is -3.35. The molecule has 0 bridgehead atoms. The summed E-state index contributed by atoms with van der Waals surface area (Å²) in [5, 5.41) is 4.31. The van der Waals surface area contributed by atoms with E-state index < -0.39 is 11.7 Å². The van der Waals surface area contributed by atoms with E-state index >= 15 is 0 Å². The van der Waals surface area contributed by atoms with E-state index in [1.165, 1.54) is 16.6 Å². The average molecular weight is 383 g/mol. The van der Waals surface area contributed by atoms with Gasteiger partial charge in [-0.2, -0.15) is 22.8 Å². The predicted octanol–water partition coefficient (Wildman–Crippen LogP) is 4.99. The molecular weight excluding hydrogens is 367 g/mol. The van der Waals surface area contributed by atoms with Crippen LogP contribution in [-0.4, -0.2) is 14.6 Å². The molecule has 0 amide bonds. The lowest BCUT2D eigenvalue weighted by atomic mass is 10.0. The fourth-order valence-electron chi connectivity index (χ4n) is 3.33. The molecule has 0 radical (unpaired) electrons. The van der Waals surface area contributed by atoms with Crippen LogP contribution in [0.25, 0.3) is 28.0 Å². The molecule has 0 aliphatic rings. The zero-order valence-electron chi connectivity index (χ0n) is 15.1. The lowest BCUT2D eigenvalue weighted by Crippen LogP contribution is -2.19. The normalized spacial score (nSPS) is 11.9. The van der Waals surface area contributed by atoms with Gasteiger partial charge in [-0.3, -0.25) is 4.79 Å². The van der Waals surface area contributed by atoms with Crippen molar-refractivity contribution >= 4 is 5.65 Å². The number of hydrogen-bond donors (Lipinski definition) is 1. The minimum Gasteiger partial charge on any atom is -0.339 e. The van der Waals surface area contributed by atoms with Crippen molar-refractivity contribution in [2.24, 2.45) is 0 Å². The van der Waals surface area contributed by atoms with Crippen molar-refractivity contribution in [1.82, 2.24) is 14.6 Å². The molecule has 0 saturated carbocycles. The van der Waals surface area contributed by atoms with E-state index in [1.807, 2.05) is 30.3 Å². The fraction of sp³-hybridized carbons (Fsp3) is 0.143. The molecule has 0 atom stereocenters. The molecule has 0 saturated heterocycles. The molecule has 0 aliphatic heterocycles. The van der Waals surface area contributed by atoms with Gasteiger partial charge in [-0.05, 0) is 37.1 Å².